The second kappa shape index (κ2) is 10.0. The summed E-state index contributed by atoms with van der Waals surface area (Å²) in [5, 5.41) is 2.80. The molecule has 1 aliphatic carbocycles. The maximum Gasteiger partial charge on any atom is 0.251 e. The van der Waals surface area contributed by atoms with Gasteiger partial charge in [-0.3, -0.25) is 4.79 Å². The smallest absolute Gasteiger partial charge is 0.251 e. The Morgan fingerprint density at radius 1 is 0.968 bits per heavy atom. The van der Waals surface area contributed by atoms with E-state index in [1.165, 1.54) is 25.3 Å². The summed E-state index contributed by atoms with van der Waals surface area (Å²) >= 11 is 0. The molecule has 1 saturated carbocycles. The van der Waals surface area contributed by atoms with Crippen LogP contribution in [0.15, 0.2) is 41.3 Å². The molecular formula is C22H28N2O6S. The molecule has 0 heterocycles. The van der Waals surface area contributed by atoms with Crippen LogP contribution in [0.1, 0.15) is 41.6 Å². The molecule has 2 aromatic rings. The van der Waals surface area contributed by atoms with Gasteiger partial charge in [0.05, 0.1) is 21.3 Å². The average molecular weight is 449 g/mol. The van der Waals surface area contributed by atoms with E-state index in [0.29, 0.717) is 11.5 Å². The first-order chi connectivity index (χ1) is 14.9. The molecule has 0 aromatic heterocycles. The number of hydrogen-bond acceptors (Lipinski definition) is 6. The van der Waals surface area contributed by atoms with Crippen molar-refractivity contribution >= 4 is 15.9 Å². The van der Waals surface area contributed by atoms with Gasteiger partial charge in [-0.25, -0.2) is 13.1 Å². The van der Waals surface area contributed by atoms with E-state index in [1.807, 2.05) is 0 Å². The van der Waals surface area contributed by atoms with Crippen LogP contribution in [0.25, 0.3) is 0 Å². The van der Waals surface area contributed by atoms with Crippen molar-refractivity contribution in [3.63, 3.8) is 0 Å². The van der Waals surface area contributed by atoms with Crippen molar-refractivity contribution in [2.24, 2.45) is 0 Å². The van der Waals surface area contributed by atoms with Gasteiger partial charge in [0.15, 0.2) is 0 Å². The second-order valence-corrected chi connectivity index (χ2v) is 9.01. The molecule has 3 rings (SSSR count). The monoisotopic (exact) mass is 448 g/mol. The van der Waals surface area contributed by atoms with Crippen LogP contribution < -0.4 is 24.2 Å². The third kappa shape index (κ3) is 5.48. The van der Waals surface area contributed by atoms with Gasteiger partial charge in [-0.2, -0.15) is 0 Å². The number of benzene rings is 2. The minimum absolute atomic E-state index is 0.0477. The predicted molar refractivity (Wildman–Crippen MR) is 116 cm³/mol. The third-order valence-electron chi connectivity index (χ3n) is 5.32. The molecule has 1 aliphatic rings. The van der Waals surface area contributed by atoms with Gasteiger partial charge in [0, 0.05) is 23.7 Å². The lowest BCUT2D eigenvalue weighted by molar-refractivity contribution is 0.0950. The Bertz CT molecular complexity index is 1030. The van der Waals surface area contributed by atoms with E-state index in [4.69, 9.17) is 14.2 Å². The lowest BCUT2D eigenvalue weighted by Gasteiger charge is -2.16. The standard InChI is InChI=1S/C22H28N2O6S/c1-28-18-9-11-19(29-2)16(12-18)14-23-22(25)15-8-10-20(30-3)21(13-15)31(26,27)24-17-6-4-5-7-17/h8-13,17,24H,4-7,14H2,1-3H3,(H,23,25). The summed E-state index contributed by atoms with van der Waals surface area (Å²) in [5.41, 5.74) is 0.953. The maximum absolute atomic E-state index is 12.9. The first-order valence-electron chi connectivity index (χ1n) is 10.1. The van der Waals surface area contributed by atoms with Crippen molar-refractivity contribution in [1.82, 2.24) is 10.0 Å². The summed E-state index contributed by atoms with van der Waals surface area (Å²) in [6.45, 7) is 0.188. The summed E-state index contributed by atoms with van der Waals surface area (Å²) in [5.74, 6) is 1.03. The molecule has 0 spiro atoms. The molecule has 2 N–H and O–H groups in total. The molecule has 0 saturated heterocycles. The Labute approximate surface area is 182 Å². The van der Waals surface area contributed by atoms with E-state index >= 15 is 0 Å². The molecule has 0 unspecified atom stereocenters. The molecule has 168 valence electrons. The largest absolute Gasteiger partial charge is 0.497 e. The Kier molecular flexibility index (Phi) is 7.40. The lowest BCUT2D eigenvalue weighted by atomic mass is 10.1. The first kappa shape index (κ1) is 22.9. The molecule has 2 aromatic carbocycles. The number of hydrogen-bond donors (Lipinski definition) is 2. The van der Waals surface area contributed by atoms with Gasteiger partial charge in [0.2, 0.25) is 10.0 Å². The highest BCUT2D eigenvalue weighted by molar-refractivity contribution is 7.89. The Hall–Kier alpha value is -2.78. The number of sulfonamides is 1. The lowest BCUT2D eigenvalue weighted by Crippen LogP contribution is -2.33. The number of carbonyl (C=O) groups is 1. The fraction of sp³-hybridized carbons (Fsp3) is 0.409. The summed E-state index contributed by atoms with van der Waals surface area (Å²) < 4.78 is 44.4. The normalized spacial score (nSPS) is 14.3. The van der Waals surface area contributed by atoms with Gasteiger partial charge in [0.1, 0.15) is 22.1 Å². The van der Waals surface area contributed by atoms with Crippen LogP contribution in [-0.4, -0.2) is 41.7 Å². The molecule has 1 amide bonds. The van der Waals surface area contributed by atoms with Gasteiger partial charge in [-0.05, 0) is 49.2 Å². The van der Waals surface area contributed by atoms with E-state index in [-0.39, 0.29) is 28.8 Å². The number of methoxy groups -OCH3 is 3. The van der Waals surface area contributed by atoms with Gasteiger partial charge in [-0.15, -0.1) is 0 Å². The van der Waals surface area contributed by atoms with Crippen LogP contribution in [0.2, 0.25) is 0 Å². The minimum Gasteiger partial charge on any atom is -0.497 e. The molecule has 0 bridgehead atoms. The van der Waals surface area contributed by atoms with Crippen LogP contribution in [0.5, 0.6) is 17.2 Å². The van der Waals surface area contributed by atoms with Gasteiger partial charge in [0.25, 0.3) is 5.91 Å². The second-order valence-electron chi connectivity index (χ2n) is 7.33. The Morgan fingerprint density at radius 2 is 1.65 bits per heavy atom. The topological polar surface area (TPSA) is 103 Å². The van der Waals surface area contributed by atoms with Crippen molar-refractivity contribution in [2.75, 3.05) is 21.3 Å². The van der Waals surface area contributed by atoms with E-state index in [1.54, 1.807) is 32.4 Å². The number of ether oxygens (including phenoxy) is 3. The van der Waals surface area contributed by atoms with Crippen molar-refractivity contribution in [3.05, 3.63) is 47.5 Å². The van der Waals surface area contributed by atoms with E-state index < -0.39 is 15.9 Å². The predicted octanol–water partition coefficient (Wildman–Crippen LogP) is 2.86. The van der Waals surface area contributed by atoms with E-state index in [2.05, 4.69) is 10.0 Å². The Balaban J connectivity index is 1.80. The number of carbonyl (C=O) groups excluding carboxylic acids is 1. The quantitative estimate of drug-likeness (QED) is 0.612. The van der Waals surface area contributed by atoms with Gasteiger partial charge < -0.3 is 19.5 Å². The van der Waals surface area contributed by atoms with Crippen molar-refractivity contribution in [1.29, 1.82) is 0 Å². The third-order valence-corrected chi connectivity index (χ3v) is 6.86. The molecule has 1 fully saturated rings. The molecule has 0 atom stereocenters. The zero-order valence-electron chi connectivity index (χ0n) is 17.9. The highest BCUT2D eigenvalue weighted by Gasteiger charge is 2.26. The van der Waals surface area contributed by atoms with Crippen molar-refractivity contribution < 1.29 is 27.4 Å². The molecule has 31 heavy (non-hydrogen) atoms. The molecular weight excluding hydrogens is 420 g/mol. The molecule has 9 heteroatoms. The highest BCUT2D eigenvalue weighted by atomic mass is 32.2. The van der Waals surface area contributed by atoms with Crippen LogP contribution >= 0.6 is 0 Å². The zero-order chi connectivity index (χ0) is 22.4. The van der Waals surface area contributed by atoms with Crippen LogP contribution in [0.4, 0.5) is 0 Å². The van der Waals surface area contributed by atoms with Gasteiger partial charge >= 0.3 is 0 Å². The van der Waals surface area contributed by atoms with Crippen molar-refractivity contribution in [2.45, 2.75) is 43.2 Å². The SMILES string of the molecule is COc1ccc(OC)c(CNC(=O)c2ccc(OC)c(S(=O)(=O)NC3CCCC3)c2)c1. The number of nitrogens with one attached hydrogen (secondary N) is 2. The number of amides is 1. The van der Waals surface area contributed by atoms with E-state index in [9.17, 15) is 13.2 Å². The summed E-state index contributed by atoms with van der Waals surface area (Å²) in [6, 6.07) is 9.57. The molecule has 8 nitrogen and oxygen atoms in total. The summed E-state index contributed by atoms with van der Waals surface area (Å²) in [4.78, 5) is 12.7. The minimum atomic E-state index is -3.82. The van der Waals surface area contributed by atoms with E-state index in [0.717, 1.165) is 31.2 Å². The summed E-state index contributed by atoms with van der Waals surface area (Å²) in [7, 11) is 0.686. The zero-order valence-corrected chi connectivity index (χ0v) is 18.8. The van der Waals surface area contributed by atoms with Gasteiger partial charge in [-0.1, -0.05) is 12.8 Å². The summed E-state index contributed by atoms with van der Waals surface area (Å²) in [6.07, 6.45) is 3.62. The van der Waals surface area contributed by atoms with Crippen LogP contribution in [0, 0.1) is 0 Å². The van der Waals surface area contributed by atoms with Crippen LogP contribution in [-0.2, 0) is 16.6 Å². The Morgan fingerprint density at radius 3 is 2.29 bits per heavy atom. The fourth-order valence-corrected chi connectivity index (χ4v) is 5.15. The number of rotatable bonds is 9. The van der Waals surface area contributed by atoms with Crippen molar-refractivity contribution in [3.8, 4) is 17.2 Å². The maximum atomic E-state index is 12.9. The first-order valence-corrected chi connectivity index (χ1v) is 11.6. The molecule has 0 aliphatic heterocycles. The fourth-order valence-electron chi connectivity index (χ4n) is 3.65. The van der Waals surface area contributed by atoms with Crippen LogP contribution in [0.3, 0.4) is 0 Å². The molecule has 0 radical (unpaired) electrons. The average Bonchev–Trinajstić information content (AvgIpc) is 3.29. The highest BCUT2D eigenvalue weighted by Crippen LogP contribution is 2.28.